The summed E-state index contributed by atoms with van der Waals surface area (Å²) in [5, 5.41) is 2.87. The van der Waals surface area contributed by atoms with Crippen molar-refractivity contribution in [3.63, 3.8) is 0 Å². The highest BCUT2D eigenvalue weighted by molar-refractivity contribution is 5.94. The van der Waals surface area contributed by atoms with Crippen LogP contribution in [0.3, 0.4) is 0 Å². The van der Waals surface area contributed by atoms with Gasteiger partial charge in [0.25, 0.3) is 5.91 Å². The number of carbonyl (C=O) groups is 1. The fraction of sp³-hybridized carbons (Fsp3) is 0.130. The number of benzene rings is 2. The van der Waals surface area contributed by atoms with Crippen LogP contribution in [0.25, 0.3) is 5.65 Å². The van der Waals surface area contributed by atoms with E-state index in [4.69, 9.17) is 4.74 Å². The number of fused-ring (bicyclic) bond motifs is 1. The molecule has 5 nitrogen and oxygen atoms in total. The molecule has 1 amide bonds. The van der Waals surface area contributed by atoms with Gasteiger partial charge in [-0.2, -0.15) is 0 Å². The number of imidazole rings is 1. The predicted octanol–water partition coefficient (Wildman–Crippen LogP) is 4.02. The number of nitrogens with one attached hydrogen (secondary N) is 1. The van der Waals surface area contributed by atoms with Crippen LogP contribution >= 0.6 is 0 Å². The molecule has 1 N–H and O–H groups in total. The van der Waals surface area contributed by atoms with Gasteiger partial charge in [-0.25, -0.2) is 9.37 Å². The highest BCUT2D eigenvalue weighted by Gasteiger charge is 2.06. The molecule has 4 aromatic rings. The van der Waals surface area contributed by atoms with Crippen molar-refractivity contribution < 1.29 is 13.9 Å². The molecule has 2 aromatic heterocycles. The molecule has 0 bridgehead atoms. The van der Waals surface area contributed by atoms with Crippen molar-refractivity contribution in [1.82, 2.24) is 14.7 Å². The Morgan fingerprint density at radius 2 is 1.83 bits per heavy atom. The van der Waals surface area contributed by atoms with E-state index in [2.05, 4.69) is 10.3 Å². The molecule has 0 spiro atoms. The standard InChI is InChI=1S/C23H20FN3O2/c24-19-8-4-17(5-9-19)12-13-25-23(28)18-6-10-21(11-7-18)29-16-20-15-27-14-2-1-3-22(27)26-20/h1-11,14-15H,12-13,16H2,(H,25,28). The topological polar surface area (TPSA) is 55.6 Å². The first-order chi connectivity index (χ1) is 14.2. The van der Waals surface area contributed by atoms with Gasteiger partial charge in [0, 0.05) is 24.5 Å². The first kappa shape index (κ1) is 18.7. The van der Waals surface area contributed by atoms with Crippen LogP contribution in [0.1, 0.15) is 21.6 Å². The molecule has 0 aliphatic rings. The normalized spacial score (nSPS) is 10.8. The Bertz CT molecular complexity index is 1070. The van der Waals surface area contributed by atoms with Crippen LogP contribution in [0.5, 0.6) is 5.75 Å². The molecule has 6 heteroatoms. The van der Waals surface area contributed by atoms with Crippen LogP contribution in [0, 0.1) is 5.82 Å². The third kappa shape index (κ3) is 4.79. The highest BCUT2D eigenvalue weighted by Crippen LogP contribution is 2.15. The highest BCUT2D eigenvalue weighted by atomic mass is 19.1. The smallest absolute Gasteiger partial charge is 0.251 e. The number of hydrogen-bond acceptors (Lipinski definition) is 3. The number of rotatable bonds is 7. The molecule has 4 rings (SSSR count). The molecule has 0 atom stereocenters. The van der Waals surface area contributed by atoms with E-state index in [0.717, 1.165) is 16.9 Å². The Morgan fingerprint density at radius 3 is 2.59 bits per heavy atom. The molecule has 0 unspecified atom stereocenters. The molecule has 0 saturated carbocycles. The van der Waals surface area contributed by atoms with E-state index in [9.17, 15) is 9.18 Å². The van der Waals surface area contributed by atoms with Gasteiger partial charge in [0.2, 0.25) is 0 Å². The maximum absolute atomic E-state index is 12.9. The second kappa shape index (κ2) is 8.56. The maximum Gasteiger partial charge on any atom is 0.251 e. The fourth-order valence-corrected chi connectivity index (χ4v) is 2.99. The van der Waals surface area contributed by atoms with Gasteiger partial charge < -0.3 is 14.5 Å². The van der Waals surface area contributed by atoms with Crippen LogP contribution in [0.2, 0.25) is 0 Å². The molecular weight excluding hydrogens is 369 g/mol. The predicted molar refractivity (Wildman–Crippen MR) is 108 cm³/mol. The molecule has 2 heterocycles. The summed E-state index contributed by atoms with van der Waals surface area (Å²) in [6.07, 6.45) is 4.51. The summed E-state index contributed by atoms with van der Waals surface area (Å²) in [5.41, 5.74) is 3.24. The summed E-state index contributed by atoms with van der Waals surface area (Å²) < 4.78 is 20.6. The molecule has 146 valence electrons. The van der Waals surface area contributed by atoms with Gasteiger partial charge in [0.1, 0.15) is 23.8 Å². The Labute approximate surface area is 167 Å². The molecule has 0 aliphatic heterocycles. The summed E-state index contributed by atoms with van der Waals surface area (Å²) >= 11 is 0. The lowest BCUT2D eigenvalue weighted by molar-refractivity contribution is 0.0954. The minimum absolute atomic E-state index is 0.154. The lowest BCUT2D eigenvalue weighted by Crippen LogP contribution is -2.25. The van der Waals surface area contributed by atoms with Gasteiger partial charge in [-0.1, -0.05) is 18.2 Å². The van der Waals surface area contributed by atoms with Crippen molar-refractivity contribution in [3.8, 4) is 5.75 Å². The van der Waals surface area contributed by atoms with Crippen molar-refractivity contribution >= 4 is 11.6 Å². The lowest BCUT2D eigenvalue weighted by atomic mass is 10.1. The minimum Gasteiger partial charge on any atom is -0.487 e. The molecule has 2 aromatic carbocycles. The van der Waals surface area contributed by atoms with Crippen LogP contribution < -0.4 is 10.1 Å². The SMILES string of the molecule is O=C(NCCc1ccc(F)cc1)c1ccc(OCc2cn3ccccc3n2)cc1. The third-order valence-electron chi connectivity index (χ3n) is 4.53. The fourth-order valence-electron chi connectivity index (χ4n) is 2.99. The second-order valence-corrected chi connectivity index (χ2v) is 6.64. The van der Waals surface area contributed by atoms with Gasteiger partial charge in [-0.05, 0) is 60.5 Å². The number of carbonyl (C=O) groups excluding carboxylic acids is 1. The number of halogens is 1. The molecule has 29 heavy (non-hydrogen) atoms. The number of amides is 1. The number of pyridine rings is 1. The quantitative estimate of drug-likeness (QED) is 0.519. The number of ether oxygens (including phenoxy) is 1. The van der Waals surface area contributed by atoms with Crippen LogP contribution in [0.15, 0.2) is 79.1 Å². The Hall–Kier alpha value is -3.67. The van der Waals surface area contributed by atoms with Crippen LogP contribution in [0.4, 0.5) is 4.39 Å². The summed E-state index contributed by atoms with van der Waals surface area (Å²) in [6, 6.07) is 19.1. The van der Waals surface area contributed by atoms with E-state index in [0.29, 0.717) is 30.9 Å². The van der Waals surface area contributed by atoms with Crippen molar-refractivity contribution in [3.05, 3.63) is 102 Å². The largest absolute Gasteiger partial charge is 0.487 e. The molecule has 0 aliphatic carbocycles. The Balaban J connectivity index is 1.27. The van der Waals surface area contributed by atoms with E-state index < -0.39 is 0 Å². The van der Waals surface area contributed by atoms with E-state index >= 15 is 0 Å². The lowest BCUT2D eigenvalue weighted by Gasteiger charge is -2.07. The summed E-state index contributed by atoms with van der Waals surface area (Å²) in [6.45, 7) is 0.835. The maximum atomic E-state index is 12.9. The van der Waals surface area contributed by atoms with Gasteiger partial charge in [-0.3, -0.25) is 4.79 Å². The third-order valence-corrected chi connectivity index (χ3v) is 4.53. The second-order valence-electron chi connectivity index (χ2n) is 6.64. The molecule has 0 saturated heterocycles. The summed E-state index contributed by atoms with van der Waals surface area (Å²) in [4.78, 5) is 16.7. The van der Waals surface area contributed by atoms with E-state index in [1.807, 2.05) is 35.0 Å². The number of aromatic nitrogens is 2. The number of nitrogens with zero attached hydrogens (tertiary/aromatic N) is 2. The van der Waals surface area contributed by atoms with E-state index in [-0.39, 0.29) is 11.7 Å². The number of hydrogen-bond donors (Lipinski definition) is 1. The molecule has 0 fully saturated rings. The zero-order valence-electron chi connectivity index (χ0n) is 15.7. The van der Waals surface area contributed by atoms with Gasteiger partial charge in [0.05, 0.1) is 5.69 Å². The van der Waals surface area contributed by atoms with Crippen molar-refractivity contribution in [2.45, 2.75) is 13.0 Å². The van der Waals surface area contributed by atoms with Crippen LogP contribution in [-0.2, 0) is 13.0 Å². The summed E-state index contributed by atoms with van der Waals surface area (Å²) in [5.74, 6) is 0.255. The van der Waals surface area contributed by atoms with Gasteiger partial charge in [0.15, 0.2) is 0 Å². The van der Waals surface area contributed by atoms with Crippen LogP contribution in [-0.4, -0.2) is 21.8 Å². The zero-order valence-corrected chi connectivity index (χ0v) is 15.7. The minimum atomic E-state index is -0.263. The van der Waals surface area contributed by atoms with Crippen molar-refractivity contribution in [1.29, 1.82) is 0 Å². The average Bonchev–Trinajstić information content (AvgIpc) is 3.17. The summed E-state index contributed by atoms with van der Waals surface area (Å²) in [7, 11) is 0. The van der Waals surface area contributed by atoms with Gasteiger partial charge in [-0.15, -0.1) is 0 Å². The van der Waals surface area contributed by atoms with E-state index in [1.165, 1.54) is 12.1 Å². The Kier molecular flexibility index (Phi) is 5.52. The van der Waals surface area contributed by atoms with Gasteiger partial charge >= 0.3 is 0 Å². The monoisotopic (exact) mass is 389 g/mol. The Morgan fingerprint density at radius 1 is 1.03 bits per heavy atom. The first-order valence-electron chi connectivity index (χ1n) is 9.35. The van der Waals surface area contributed by atoms with Crippen molar-refractivity contribution in [2.75, 3.05) is 6.54 Å². The molecule has 0 radical (unpaired) electrons. The first-order valence-corrected chi connectivity index (χ1v) is 9.35. The zero-order chi connectivity index (χ0) is 20.1. The average molecular weight is 389 g/mol. The van der Waals surface area contributed by atoms with Crippen molar-refractivity contribution in [2.24, 2.45) is 0 Å². The molecular formula is C23H20FN3O2. The van der Waals surface area contributed by atoms with E-state index in [1.54, 1.807) is 36.4 Å².